The van der Waals surface area contributed by atoms with E-state index in [0.29, 0.717) is 6.42 Å². The molecule has 2 saturated heterocycles. The number of aromatic nitrogens is 1. The van der Waals surface area contributed by atoms with Crippen molar-refractivity contribution in [1.29, 1.82) is 0 Å². The predicted molar refractivity (Wildman–Crippen MR) is 125 cm³/mol. The summed E-state index contributed by atoms with van der Waals surface area (Å²) in [7, 11) is 0. The Labute approximate surface area is 193 Å². The van der Waals surface area contributed by atoms with Gasteiger partial charge >= 0.3 is 6.03 Å². The van der Waals surface area contributed by atoms with Crippen LogP contribution in [0.2, 0.25) is 0 Å². The lowest BCUT2D eigenvalue weighted by atomic mass is 9.66. The number of imide groups is 2. The van der Waals surface area contributed by atoms with Gasteiger partial charge in [0.25, 0.3) is 0 Å². The molecule has 2 aromatic rings. The highest BCUT2D eigenvalue weighted by Crippen LogP contribution is 2.48. The number of urea groups is 1. The van der Waals surface area contributed by atoms with Crippen molar-refractivity contribution in [2.75, 3.05) is 11.4 Å². The van der Waals surface area contributed by atoms with Gasteiger partial charge in [0, 0.05) is 24.4 Å². The number of hydrogen-bond acceptors (Lipinski definition) is 5. The SMILES string of the molecule is Cc1ccc2nc3c(cc2c1)C[C@@]1(C(=O)NC(=O)N(C2CCCCC2)C1=O)[C@H]1CCCCN31. The van der Waals surface area contributed by atoms with E-state index in [0.717, 1.165) is 85.8 Å². The molecule has 4 aliphatic rings. The molecule has 4 heterocycles. The first-order valence-electron chi connectivity index (χ1n) is 12.3. The Balaban J connectivity index is 1.50. The third-order valence-corrected chi connectivity index (χ3v) is 8.22. The molecule has 2 atom stereocenters. The molecule has 3 fully saturated rings. The van der Waals surface area contributed by atoms with E-state index in [9.17, 15) is 14.4 Å². The number of amides is 4. The number of anilines is 1. The van der Waals surface area contributed by atoms with Crippen LogP contribution in [0, 0.1) is 12.3 Å². The zero-order valence-corrected chi connectivity index (χ0v) is 19.1. The van der Waals surface area contributed by atoms with E-state index in [1.807, 2.05) is 13.0 Å². The van der Waals surface area contributed by atoms with E-state index >= 15 is 0 Å². The normalized spacial score (nSPS) is 28.2. The maximum atomic E-state index is 14.2. The summed E-state index contributed by atoms with van der Waals surface area (Å²) in [4.78, 5) is 49.3. The van der Waals surface area contributed by atoms with E-state index < -0.39 is 17.4 Å². The second kappa shape index (κ2) is 7.54. The van der Waals surface area contributed by atoms with Crippen LogP contribution in [0.1, 0.15) is 62.5 Å². The Morgan fingerprint density at radius 3 is 2.61 bits per heavy atom. The fourth-order valence-corrected chi connectivity index (χ4v) is 6.62. The standard InChI is InChI=1S/C26H30N4O3/c1-16-10-11-20-17(13-16)14-18-15-26(21-9-5-6-12-29(21)22(18)27-20)23(31)28-25(33)30(24(26)32)19-7-3-2-4-8-19/h10-11,13-14,19,21H,2-9,12,15H2,1H3,(H,28,31,33)/t21-,26+/m1/s1. The van der Waals surface area contributed by atoms with Crippen molar-refractivity contribution >= 4 is 34.6 Å². The van der Waals surface area contributed by atoms with Gasteiger partial charge in [-0.3, -0.25) is 19.8 Å². The summed E-state index contributed by atoms with van der Waals surface area (Å²) in [6.45, 7) is 2.81. The number of nitrogens with one attached hydrogen (secondary N) is 1. The number of rotatable bonds is 1. The van der Waals surface area contributed by atoms with Crippen molar-refractivity contribution < 1.29 is 14.4 Å². The molecule has 0 bridgehead atoms. The molecule has 1 aromatic heterocycles. The van der Waals surface area contributed by atoms with Crippen LogP contribution in [-0.4, -0.2) is 46.4 Å². The van der Waals surface area contributed by atoms with Crippen LogP contribution in [0.5, 0.6) is 0 Å². The van der Waals surface area contributed by atoms with E-state index in [1.54, 1.807) is 0 Å². The number of piperidine rings is 1. The maximum Gasteiger partial charge on any atom is 0.331 e. The summed E-state index contributed by atoms with van der Waals surface area (Å²) in [5.74, 6) is 0.162. The number of nitrogens with zero attached hydrogens (tertiary/aromatic N) is 3. The molecule has 4 amide bonds. The Hall–Kier alpha value is -2.96. The van der Waals surface area contributed by atoms with E-state index in [4.69, 9.17) is 4.98 Å². The van der Waals surface area contributed by atoms with Crippen molar-refractivity contribution in [3.8, 4) is 0 Å². The van der Waals surface area contributed by atoms with Gasteiger partial charge in [-0.1, -0.05) is 30.9 Å². The quantitative estimate of drug-likeness (QED) is 0.673. The van der Waals surface area contributed by atoms with E-state index in [2.05, 4.69) is 28.4 Å². The lowest BCUT2D eigenvalue weighted by Crippen LogP contribution is -2.73. The van der Waals surface area contributed by atoms with Crippen LogP contribution in [0.15, 0.2) is 24.3 Å². The number of pyridine rings is 1. The Morgan fingerprint density at radius 1 is 1.00 bits per heavy atom. The van der Waals surface area contributed by atoms with Crippen LogP contribution in [0.25, 0.3) is 10.9 Å². The fraction of sp³-hybridized carbons (Fsp3) is 0.538. The summed E-state index contributed by atoms with van der Waals surface area (Å²) in [6, 6.07) is 7.36. The first-order valence-corrected chi connectivity index (χ1v) is 12.3. The molecule has 1 N–H and O–H groups in total. The van der Waals surface area contributed by atoms with Crippen LogP contribution < -0.4 is 10.2 Å². The van der Waals surface area contributed by atoms with E-state index in [1.165, 1.54) is 4.90 Å². The van der Waals surface area contributed by atoms with E-state index in [-0.39, 0.29) is 18.0 Å². The Kier molecular flexibility index (Phi) is 4.71. The molecular formula is C26H30N4O3. The summed E-state index contributed by atoms with van der Waals surface area (Å²) in [5, 5.41) is 3.62. The van der Waals surface area contributed by atoms with Gasteiger partial charge in [0.15, 0.2) is 5.41 Å². The molecular weight excluding hydrogens is 416 g/mol. The smallest absolute Gasteiger partial charge is 0.331 e. The topological polar surface area (TPSA) is 82.6 Å². The second-order valence-electron chi connectivity index (χ2n) is 10.2. The van der Waals surface area contributed by atoms with Gasteiger partial charge in [0.2, 0.25) is 11.8 Å². The average Bonchev–Trinajstić information content (AvgIpc) is 2.82. The molecule has 1 aromatic carbocycles. The first-order chi connectivity index (χ1) is 16.0. The van der Waals surface area contributed by atoms with Crippen molar-refractivity contribution in [1.82, 2.24) is 15.2 Å². The number of carbonyl (C=O) groups excluding carboxylic acids is 3. The lowest BCUT2D eigenvalue weighted by molar-refractivity contribution is -0.156. The van der Waals surface area contributed by atoms with Gasteiger partial charge in [-0.15, -0.1) is 0 Å². The van der Waals surface area contributed by atoms with Gasteiger partial charge in [-0.05, 0) is 62.8 Å². The van der Waals surface area contributed by atoms with Crippen LogP contribution in [0.3, 0.4) is 0 Å². The van der Waals surface area contributed by atoms with Gasteiger partial charge in [0.1, 0.15) is 5.82 Å². The molecule has 1 spiro atoms. The van der Waals surface area contributed by atoms with Gasteiger partial charge in [-0.25, -0.2) is 9.78 Å². The average molecular weight is 447 g/mol. The highest BCUT2D eigenvalue weighted by molar-refractivity contribution is 6.20. The maximum absolute atomic E-state index is 14.2. The minimum Gasteiger partial charge on any atom is -0.352 e. The predicted octanol–water partition coefficient (Wildman–Crippen LogP) is 3.86. The van der Waals surface area contributed by atoms with Crippen molar-refractivity contribution in [2.45, 2.75) is 76.8 Å². The van der Waals surface area contributed by atoms with Crippen molar-refractivity contribution in [3.63, 3.8) is 0 Å². The molecule has 0 unspecified atom stereocenters. The zero-order valence-electron chi connectivity index (χ0n) is 19.1. The molecule has 7 heteroatoms. The van der Waals surface area contributed by atoms with Gasteiger partial charge in [0.05, 0.1) is 11.6 Å². The highest BCUT2D eigenvalue weighted by Gasteiger charge is 2.63. The summed E-state index contributed by atoms with van der Waals surface area (Å²) < 4.78 is 0. The third kappa shape index (κ3) is 3.01. The first kappa shape index (κ1) is 20.6. The van der Waals surface area contributed by atoms with Crippen LogP contribution in [-0.2, 0) is 16.0 Å². The number of fused-ring (bicyclic) bond motifs is 5. The number of carbonyl (C=O) groups is 3. The number of aryl methyl sites for hydroxylation is 1. The second-order valence-corrected chi connectivity index (χ2v) is 10.2. The summed E-state index contributed by atoms with van der Waals surface area (Å²) >= 11 is 0. The minimum absolute atomic E-state index is 0.118. The fourth-order valence-electron chi connectivity index (χ4n) is 6.62. The lowest BCUT2D eigenvalue weighted by Gasteiger charge is -2.54. The molecule has 33 heavy (non-hydrogen) atoms. The van der Waals surface area contributed by atoms with Crippen molar-refractivity contribution in [2.24, 2.45) is 5.41 Å². The summed E-state index contributed by atoms with van der Waals surface area (Å²) in [5.41, 5.74) is 1.72. The number of hydrogen-bond donors (Lipinski definition) is 1. The molecule has 0 radical (unpaired) electrons. The molecule has 1 saturated carbocycles. The van der Waals surface area contributed by atoms with Crippen LogP contribution in [0.4, 0.5) is 10.6 Å². The molecule has 3 aliphatic heterocycles. The zero-order chi connectivity index (χ0) is 22.7. The third-order valence-electron chi connectivity index (χ3n) is 8.22. The van der Waals surface area contributed by atoms with Gasteiger partial charge < -0.3 is 4.90 Å². The largest absolute Gasteiger partial charge is 0.352 e. The number of barbiturate groups is 1. The van der Waals surface area contributed by atoms with Gasteiger partial charge in [-0.2, -0.15) is 0 Å². The van der Waals surface area contributed by atoms with Crippen molar-refractivity contribution in [3.05, 3.63) is 35.4 Å². The molecule has 7 nitrogen and oxygen atoms in total. The molecule has 172 valence electrons. The number of benzene rings is 1. The Bertz CT molecular complexity index is 1170. The van der Waals surface area contributed by atoms with Crippen LogP contribution >= 0.6 is 0 Å². The monoisotopic (exact) mass is 446 g/mol. The Morgan fingerprint density at radius 2 is 1.79 bits per heavy atom. The highest BCUT2D eigenvalue weighted by atomic mass is 16.2. The minimum atomic E-state index is -1.28. The molecule has 1 aliphatic carbocycles. The summed E-state index contributed by atoms with van der Waals surface area (Å²) in [6.07, 6.45) is 7.79. The molecule has 6 rings (SSSR count).